The molecule has 1 aromatic rings. The van der Waals surface area contributed by atoms with Crippen molar-refractivity contribution in [1.82, 2.24) is 9.97 Å². The van der Waals surface area contributed by atoms with Gasteiger partial charge in [-0.3, -0.25) is 0 Å². The summed E-state index contributed by atoms with van der Waals surface area (Å²) in [7, 11) is 0. The summed E-state index contributed by atoms with van der Waals surface area (Å²) in [5.74, 6) is 0.548. The van der Waals surface area contributed by atoms with Crippen molar-refractivity contribution in [3.05, 3.63) is 18.0 Å². The zero-order valence-electron chi connectivity index (χ0n) is 9.30. The lowest BCUT2D eigenvalue weighted by atomic mass is 10.1. The molecule has 0 spiro atoms. The molecule has 2 rings (SSSR count). The number of alkyl halides is 1. The van der Waals surface area contributed by atoms with Crippen LogP contribution in [-0.4, -0.2) is 40.4 Å². The number of anilines is 1. The number of aliphatic hydroxyl groups is 1. The minimum Gasteiger partial charge on any atom is -0.390 e. The van der Waals surface area contributed by atoms with E-state index >= 15 is 0 Å². The Labute approximate surface area is 94.1 Å². The van der Waals surface area contributed by atoms with E-state index in [0.717, 1.165) is 12.0 Å². The van der Waals surface area contributed by atoms with Gasteiger partial charge in [0.2, 0.25) is 5.95 Å². The molecule has 2 atom stereocenters. The van der Waals surface area contributed by atoms with Gasteiger partial charge in [0.25, 0.3) is 0 Å². The van der Waals surface area contributed by atoms with Gasteiger partial charge >= 0.3 is 0 Å². The maximum atomic E-state index is 13.3. The number of halogens is 1. The van der Waals surface area contributed by atoms with Gasteiger partial charge in [-0.2, -0.15) is 0 Å². The van der Waals surface area contributed by atoms with Crippen LogP contribution in [-0.2, 0) is 6.42 Å². The molecule has 0 aliphatic carbocycles. The molecule has 4 nitrogen and oxygen atoms in total. The van der Waals surface area contributed by atoms with Gasteiger partial charge in [-0.1, -0.05) is 6.92 Å². The quantitative estimate of drug-likeness (QED) is 0.814. The third kappa shape index (κ3) is 2.29. The van der Waals surface area contributed by atoms with Crippen molar-refractivity contribution in [3.8, 4) is 0 Å². The van der Waals surface area contributed by atoms with Crippen molar-refractivity contribution in [2.24, 2.45) is 0 Å². The molecule has 5 heteroatoms. The van der Waals surface area contributed by atoms with Gasteiger partial charge < -0.3 is 10.0 Å². The number of piperidine rings is 1. The minimum absolute atomic E-state index is 0.173. The van der Waals surface area contributed by atoms with Gasteiger partial charge in [0.05, 0.1) is 12.6 Å². The van der Waals surface area contributed by atoms with Crippen LogP contribution in [0.2, 0.25) is 0 Å². The maximum Gasteiger partial charge on any atom is 0.225 e. The minimum atomic E-state index is -1.21. The Morgan fingerprint density at radius 3 is 2.75 bits per heavy atom. The van der Waals surface area contributed by atoms with E-state index < -0.39 is 12.3 Å². The zero-order valence-corrected chi connectivity index (χ0v) is 9.30. The lowest BCUT2D eigenvalue weighted by Crippen LogP contribution is -2.45. The molecule has 0 radical (unpaired) electrons. The Bertz CT molecular complexity index is 344. The molecule has 1 fully saturated rings. The van der Waals surface area contributed by atoms with E-state index in [1.54, 1.807) is 17.3 Å². The monoisotopic (exact) mass is 225 g/mol. The Morgan fingerprint density at radius 2 is 2.19 bits per heavy atom. The highest BCUT2D eigenvalue weighted by Crippen LogP contribution is 2.18. The van der Waals surface area contributed by atoms with Gasteiger partial charge in [-0.25, -0.2) is 14.4 Å². The first-order valence-electron chi connectivity index (χ1n) is 5.58. The lowest BCUT2D eigenvalue weighted by Gasteiger charge is -2.32. The molecular formula is C11H16FN3O. The average Bonchev–Trinajstić information content (AvgIpc) is 2.33. The second-order valence-corrected chi connectivity index (χ2v) is 4.06. The van der Waals surface area contributed by atoms with Crippen LogP contribution in [0.5, 0.6) is 0 Å². The first kappa shape index (κ1) is 11.3. The van der Waals surface area contributed by atoms with Crippen LogP contribution in [0.1, 0.15) is 18.9 Å². The Balaban J connectivity index is 2.06. The van der Waals surface area contributed by atoms with E-state index in [-0.39, 0.29) is 6.54 Å². The summed E-state index contributed by atoms with van der Waals surface area (Å²) in [6.45, 7) is 2.81. The molecular weight excluding hydrogens is 209 g/mol. The fourth-order valence-electron chi connectivity index (χ4n) is 1.77. The fraction of sp³-hybridized carbons (Fsp3) is 0.636. The van der Waals surface area contributed by atoms with E-state index in [1.807, 2.05) is 6.92 Å². The Morgan fingerprint density at radius 1 is 1.50 bits per heavy atom. The first-order chi connectivity index (χ1) is 7.70. The number of aryl methyl sites for hydroxylation is 1. The predicted molar refractivity (Wildman–Crippen MR) is 59.1 cm³/mol. The van der Waals surface area contributed by atoms with Crippen LogP contribution in [0.15, 0.2) is 12.4 Å². The first-order valence-corrected chi connectivity index (χ1v) is 5.58. The van der Waals surface area contributed by atoms with Crippen molar-refractivity contribution < 1.29 is 9.50 Å². The van der Waals surface area contributed by atoms with Gasteiger partial charge in [0, 0.05) is 18.9 Å². The van der Waals surface area contributed by atoms with Crippen molar-refractivity contribution in [1.29, 1.82) is 0 Å². The van der Waals surface area contributed by atoms with E-state index in [9.17, 15) is 9.50 Å². The third-order valence-corrected chi connectivity index (χ3v) is 2.89. The number of aromatic nitrogens is 2. The number of aliphatic hydroxyl groups excluding tert-OH is 1. The standard InChI is InChI=1S/C11H16FN3O/c1-2-8-5-13-11(14-6-8)15-4-3-10(16)9(12)7-15/h5-6,9-10,16H,2-4,7H2,1H3/t9-,10+/m0/s1. The molecule has 0 saturated carbocycles. The molecule has 1 aromatic heterocycles. The SMILES string of the molecule is CCc1cnc(N2CC[C@@H](O)[C@@H](F)C2)nc1. The number of hydrogen-bond acceptors (Lipinski definition) is 4. The number of nitrogens with zero attached hydrogens (tertiary/aromatic N) is 3. The molecule has 0 unspecified atom stereocenters. The summed E-state index contributed by atoms with van der Waals surface area (Å²) in [4.78, 5) is 10.2. The van der Waals surface area contributed by atoms with Crippen molar-refractivity contribution >= 4 is 5.95 Å². The molecule has 2 heterocycles. The zero-order chi connectivity index (χ0) is 11.5. The van der Waals surface area contributed by atoms with Gasteiger partial charge in [-0.05, 0) is 18.4 Å². The number of hydrogen-bond donors (Lipinski definition) is 1. The molecule has 0 aromatic carbocycles. The second-order valence-electron chi connectivity index (χ2n) is 4.06. The highest BCUT2D eigenvalue weighted by molar-refractivity contribution is 5.31. The van der Waals surface area contributed by atoms with Crippen LogP contribution < -0.4 is 4.90 Å². The summed E-state index contributed by atoms with van der Waals surface area (Å²) in [6, 6.07) is 0. The largest absolute Gasteiger partial charge is 0.390 e. The summed E-state index contributed by atoms with van der Waals surface area (Å²) < 4.78 is 13.3. The summed E-state index contributed by atoms with van der Waals surface area (Å²) in [5.41, 5.74) is 1.07. The summed E-state index contributed by atoms with van der Waals surface area (Å²) >= 11 is 0. The highest BCUT2D eigenvalue weighted by Gasteiger charge is 2.28. The predicted octanol–water partition coefficient (Wildman–Crippen LogP) is 0.948. The van der Waals surface area contributed by atoms with Crippen LogP contribution in [0.4, 0.5) is 10.3 Å². The molecule has 0 amide bonds. The molecule has 1 saturated heterocycles. The third-order valence-electron chi connectivity index (χ3n) is 2.89. The van der Waals surface area contributed by atoms with E-state index in [0.29, 0.717) is 18.9 Å². The molecule has 1 aliphatic rings. The van der Waals surface area contributed by atoms with Crippen molar-refractivity contribution in [3.63, 3.8) is 0 Å². The Hall–Kier alpha value is -1.23. The molecule has 1 aliphatic heterocycles. The fourth-order valence-corrected chi connectivity index (χ4v) is 1.77. The molecule has 88 valence electrons. The average molecular weight is 225 g/mol. The molecule has 0 bridgehead atoms. The van der Waals surface area contributed by atoms with Crippen LogP contribution in [0.25, 0.3) is 0 Å². The maximum absolute atomic E-state index is 13.3. The van der Waals surface area contributed by atoms with E-state index in [4.69, 9.17) is 0 Å². The normalized spacial score (nSPS) is 25.8. The second kappa shape index (κ2) is 4.74. The highest BCUT2D eigenvalue weighted by atomic mass is 19.1. The smallest absolute Gasteiger partial charge is 0.225 e. The summed E-state index contributed by atoms with van der Waals surface area (Å²) in [6.07, 6.45) is 2.81. The lowest BCUT2D eigenvalue weighted by molar-refractivity contribution is 0.0611. The molecule has 1 N–H and O–H groups in total. The van der Waals surface area contributed by atoms with Gasteiger partial charge in [0.15, 0.2) is 0 Å². The van der Waals surface area contributed by atoms with Crippen molar-refractivity contribution in [2.45, 2.75) is 32.0 Å². The van der Waals surface area contributed by atoms with Gasteiger partial charge in [-0.15, -0.1) is 0 Å². The van der Waals surface area contributed by atoms with Crippen LogP contribution >= 0.6 is 0 Å². The van der Waals surface area contributed by atoms with Crippen LogP contribution in [0.3, 0.4) is 0 Å². The van der Waals surface area contributed by atoms with Crippen LogP contribution in [0, 0.1) is 0 Å². The summed E-state index contributed by atoms with van der Waals surface area (Å²) in [5, 5.41) is 9.28. The Kier molecular flexibility index (Phi) is 3.33. The van der Waals surface area contributed by atoms with E-state index in [1.165, 1.54) is 0 Å². The van der Waals surface area contributed by atoms with Gasteiger partial charge in [0.1, 0.15) is 6.17 Å². The van der Waals surface area contributed by atoms with Crippen molar-refractivity contribution in [2.75, 3.05) is 18.0 Å². The van der Waals surface area contributed by atoms with E-state index in [2.05, 4.69) is 9.97 Å². The molecule has 16 heavy (non-hydrogen) atoms. The topological polar surface area (TPSA) is 49.2 Å². The number of rotatable bonds is 2.